The number of halogens is 3. The van der Waals surface area contributed by atoms with E-state index in [2.05, 4.69) is 25.3 Å². The first-order valence-electron chi connectivity index (χ1n) is 7.69. The van der Waals surface area contributed by atoms with Crippen LogP contribution in [0.1, 0.15) is 29.8 Å². The Labute approximate surface area is 135 Å². The van der Waals surface area contributed by atoms with Crippen molar-refractivity contribution in [1.82, 2.24) is 19.9 Å². The molecular formula is C16H14F3N5. The SMILES string of the molecule is FC(F)(F)c1nc(Nc2nc3ccccc3[nH]2)nc2c1CCCC2. The number of hydrogen-bond acceptors (Lipinski definition) is 4. The summed E-state index contributed by atoms with van der Waals surface area (Å²) in [6, 6.07) is 7.33. The highest BCUT2D eigenvalue weighted by atomic mass is 19.4. The molecule has 0 saturated carbocycles. The molecule has 8 heteroatoms. The number of rotatable bonds is 2. The van der Waals surface area contributed by atoms with E-state index in [1.165, 1.54) is 0 Å². The molecule has 0 saturated heterocycles. The molecule has 0 atom stereocenters. The van der Waals surface area contributed by atoms with Gasteiger partial charge in [-0.15, -0.1) is 0 Å². The first-order chi connectivity index (χ1) is 11.5. The maximum absolute atomic E-state index is 13.3. The van der Waals surface area contributed by atoms with Crippen molar-refractivity contribution >= 4 is 22.9 Å². The molecule has 0 bridgehead atoms. The Balaban J connectivity index is 1.75. The van der Waals surface area contributed by atoms with E-state index in [0.717, 1.165) is 18.4 Å². The molecule has 0 aliphatic heterocycles. The number of hydrogen-bond donors (Lipinski definition) is 2. The molecule has 1 aliphatic rings. The molecule has 4 rings (SSSR count). The fourth-order valence-electron chi connectivity index (χ4n) is 3.00. The van der Waals surface area contributed by atoms with Gasteiger partial charge in [0.15, 0.2) is 5.69 Å². The Morgan fingerprint density at radius 2 is 1.79 bits per heavy atom. The summed E-state index contributed by atoms with van der Waals surface area (Å²) in [5.41, 5.74) is 1.36. The molecule has 2 N–H and O–H groups in total. The van der Waals surface area contributed by atoms with Crippen molar-refractivity contribution in [2.24, 2.45) is 0 Å². The monoisotopic (exact) mass is 333 g/mol. The van der Waals surface area contributed by atoms with Crippen LogP contribution >= 0.6 is 0 Å². The van der Waals surface area contributed by atoms with Crippen LogP contribution in [-0.2, 0) is 19.0 Å². The maximum Gasteiger partial charge on any atom is 0.433 e. The average molecular weight is 333 g/mol. The van der Waals surface area contributed by atoms with Gasteiger partial charge in [-0.25, -0.2) is 15.0 Å². The highest BCUT2D eigenvalue weighted by Gasteiger charge is 2.38. The minimum absolute atomic E-state index is 0.0815. The molecule has 2 heterocycles. The number of alkyl halides is 3. The number of aryl methyl sites for hydroxylation is 1. The lowest BCUT2D eigenvalue weighted by Crippen LogP contribution is -2.19. The van der Waals surface area contributed by atoms with Crippen LogP contribution in [-0.4, -0.2) is 19.9 Å². The Hall–Kier alpha value is -2.64. The molecule has 124 valence electrons. The lowest BCUT2D eigenvalue weighted by molar-refractivity contribution is -0.142. The summed E-state index contributed by atoms with van der Waals surface area (Å²) < 4.78 is 40.0. The van der Waals surface area contributed by atoms with E-state index in [0.29, 0.717) is 30.0 Å². The number of H-pyrrole nitrogens is 1. The molecular weight excluding hydrogens is 319 g/mol. The molecule has 0 radical (unpaired) electrons. The van der Waals surface area contributed by atoms with Crippen LogP contribution < -0.4 is 5.32 Å². The van der Waals surface area contributed by atoms with E-state index in [4.69, 9.17) is 0 Å². The third-order valence-electron chi connectivity index (χ3n) is 4.07. The van der Waals surface area contributed by atoms with Crippen molar-refractivity contribution in [2.75, 3.05) is 5.32 Å². The number of anilines is 2. The van der Waals surface area contributed by atoms with Crippen LogP contribution in [0.4, 0.5) is 25.1 Å². The highest BCUT2D eigenvalue weighted by molar-refractivity contribution is 5.77. The van der Waals surface area contributed by atoms with Crippen molar-refractivity contribution in [3.05, 3.63) is 41.2 Å². The summed E-state index contributed by atoms with van der Waals surface area (Å²) in [5.74, 6) is 0.238. The van der Waals surface area contributed by atoms with Crippen molar-refractivity contribution in [1.29, 1.82) is 0 Å². The number of nitrogens with zero attached hydrogens (tertiary/aromatic N) is 3. The molecule has 24 heavy (non-hydrogen) atoms. The van der Waals surface area contributed by atoms with Gasteiger partial charge in [-0.05, 0) is 37.8 Å². The number of aromatic amines is 1. The lowest BCUT2D eigenvalue weighted by atomic mass is 9.94. The van der Waals surface area contributed by atoms with E-state index >= 15 is 0 Å². The molecule has 0 amide bonds. The third kappa shape index (κ3) is 2.68. The Kier molecular flexibility index (Phi) is 3.40. The molecule has 0 spiro atoms. The van der Waals surface area contributed by atoms with Crippen LogP contribution in [0.15, 0.2) is 24.3 Å². The first-order valence-corrected chi connectivity index (χ1v) is 7.69. The van der Waals surface area contributed by atoms with Crippen molar-refractivity contribution in [3.63, 3.8) is 0 Å². The van der Waals surface area contributed by atoms with Gasteiger partial charge in [0.2, 0.25) is 11.9 Å². The molecule has 1 aliphatic carbocycles. The van der Waals surface area contributed by atoms with Gasteiger partial charge in [0.1, 0.15) is 0 Å². The quantitative estimate of drug-likeness (QED) is 0.744. The van der Waals surface area contributed by atoms with Crippen LogP contribution in [0.5, 0.6) is 0 Å². The first kappa shape index (κ1) is 14.9. The van der Waals surface area contributed by atoms with Gasteiger partial charge in [-0.1, -0.05) is 12.1 Å². The van der Waals surface area contributed by atoms with E-state index in [9.17, 15) is 13.2 Å². The number of imidazole rings is 1. The van der Waals surface area contributed by atoms with E-state index in [1.807, 2.05) is 24.3 Å². The summed E-state index contributed by atoms with van der Waals surface area (Å²) in [4.78, 5) is 15.3. The van der Waals surface area contributed by atoms with Crippen LogP contribution in [0.25, 0.3) is 11.0 Å². The smallest absolute Gasteiger partial charge is 0.324 e. The average Bonchev–Trinajstić information content (AvgIpc) is 2.95. The van der Waals surface area contributed by atoms with Gasteiger partial charge in [0.05, 0.1) is 11.0 Å². The van der Waals surface area contributed by atoms with Crippen LogP contribution in [0, 0.1) is 0 Å². The zero-order chi connectivity index (χ0) is 16.7. The summed E-state index contributed by atoms with van der Waals surface area (Å²) in [6.45, 7) is 0. The van der Waals surface area contributed by atoms with Crippen molar-refractivity contribution < 1.29 is 13.2 Å². The minimum Gasteiger partial charge on any atom is -0.324 e. The normalized spacial score (nSPS) is 14.6. The van der Waals surface area contributed by atoms with E-state index in [1.54, 1.807) is 0 Å². The highest BCUT2D eigenvalue weighted by Crippen LogP contribution is 2.35. The van der Waals surface area contributed by atoms with Gasteiger partial charge in [-0.3, -0.25) is 5.32 Å². The summed E-state index contributed by atoms with van der Waals surface area (Å²) in [6.07, 6.45) is -2.01. The fourth-order valence-corrected chi connectivity index (χ4v) is 3.00. The van der Waals surface area contributed by atoms with Crippen LogP contribution in [0.3, 0.4) is 0 Å². The fraction of sp³-hybridized carbons (Fsp3) is 0.312. The van der Waals surface area contributed by atoms with Gasteiger partial charge in [-0.2, -0.15) is 13.2 Å². The molecule has 5 nitrogen and oxygen atoms in total. The second-order valence-corrected chi connectivity index (χ2v) is 5.75. The van der Waals surface area contributed by atoms with Gasteiger partial charge >= 0.3 is 6.18 Å². The zero-order valence-corrected chi connectivity index (χ0v) is 12.6. The van der Waals surface area contributed by atoms with Crippen LogP contribution in [0.2, 0.25) is 0 Å². The number of aromatic nitrogens is 4. The van der Waals surface area contributed by atoms with Crippen molar-refractivity contribution in [3.8, 4) is 0 Å². The molecule has 2 aromatic heterocycles. The molecule has 0 unspecified atom stereocenters. The summed E-state index contributed by atoms with van der Waals surface area (Å²) in [7, 11) is 0. The summed E-state index contributed by atoms with van der Waals surface area (Å²) >= 11 is 0. The minimum atomic E-state index is -4.49. The van der Waals surface area contributed by atoms with Crippen molar-refractivity contribution in [2.45, 2.75) is 31.9 Å². The second kappa shape index (κ2) is 5.47. The topological polar surface area (TPSA) is 66.5 Å². The number of nitrogens with one attached hydrogen (secondary N) is 2. The number of benzene rings is 1. The lowest BCUT2D eigenvalue weighted by Gasteiger charge is -2.20. The molecule has 0 fully saturated rings. The van der Waals surface area contributed by atoms with Gasteiger partial charge in [0, 0.05) is 11.3 Å². The predicted molar refractivity (Wildman–Crippen MR) is 83.1 cm³/mol. The standard InChI is InChI=1S/C16H14F3N5/c17-16(18,19)13-9-5-1-2-6-10(9)20-15(23-13)24-14-21-11-7-3-4-8-12(11)22-14/h3-4,7-8H,1-2,5-6H2,(H2,20,21,22,23,24). The van der Waals surface area contributed by atoms with E-state index < -0.39 is 11.9 Å². The second-order valence-electron chi connectivity index (χ2n) is 5.75. The largest absolute Gasteiger partial charge is 0.433 e. The van der Waals surface area contributed by atoms with Gasteiger partial charge in [0.25, 0.3) is 0 Å². The molecule has 1 aromatic carbocycles. The predicted octanol–water partition coefficient (Wildman–Crippen LogP) is 3.99. The molecule has 3 aromatic rings. The Morgan fingerprint density at radius 3 is 2.58 bits per heavy atom. The Bertz CT molecular complexity index is 867. The summed E-state index contributed by atoms with van der Waals surface area (Å²) in [5, 5.41) is 2.77. The maximum atomic E-state index is 13.3. The zero-order valence-electron chi connectivity index (χ0n) is 12.6. The van der Waals surface area contributed by atoms with E-state index in [-0.39, 0.29) is 11.5 Å². The number of para-hydroxylation sites is 2. The Morgan fingerprint density at radius 1 is 1.00 bits per heavy atom. The third-order valence-corrected chi connectivity index (χ3v) is 4.07. The number of fused-ring (bicyclic) bond motifs is 2. The van der Waals surface area contributed by atoms with Gasteiger partial charge < -0.3 is 4.98 Å².